The van der Waals surface area contributed by atoms with Crippen molar-refractivity contribution in [2.75, 3.05) is 20.7 Å². The summed E-state index contributed by atoms with van der Waals surface area (Å²) in [5.74, 6) is -0.338. The van der Waals surface area contributed by atoms with Crippen molar-refractivity contribution >= 4 is 5.97 Å². The molecule has 1 heterocycles. The van der Waals surface area contributed by atoms with Crippen molar-refractivity contribution in [1.82, 2.24) is 4.90 Å². The summed E-state index contributed by atoms with van der Waals surface area (Å²) in [4.78, 5) is 13.4. The molecule has 1 aliphatic rings. The molecule has 0 radical (unpaired) electrons. The predicted molar refractivity (Wildman–Crippen MR) is 50.2 cm³/mol. The van der Waals surface area contributed by atoms with E-state index in [1.54, 1.807) is 0 Å². The summed E-state index contributed by atoms with van der Waals surface area (Å²) in [6.07, 6.45) is 0.977. The summed E-state index contributed by atoms with van der Waals surface area (Å²) in [6, 6.07) is 0.228. The number of nitrogens with two attached hydrogens (primary N) is 1. The molecule has 0 aliphatic carbocycles. The van der Waals surface area contributed by atoms with E-state index in [1.165, 1.54) is 7.11 Å². The van der Waals surface area contributed by atoms with E-state index in [1.807, 2.05) is 7.05 Å². The SMILES string of the molecule is CCC1C(N)C(C(=O)OC)CN1C. The normalized spacial score (nSPS) is 34.9. The van der Waals surface area contributed by atoms with Crippen LogP contribution in [-0.4, -0.2) is 43.7 Å². The van der Waals surface area contributed by atoms with E-state index in [-0.39, 0.29) is 17.9 Å². The number of nitrogens with zero attached hydrogens (tertiary/aromatic N) is 1. The number of hydrogen-bond acceptors (Lipinski definition) is 4. The molecule has 0 aromatic carbocycles. The van der Waals surface area contributed by atoms with E-state index in [0.29, 0.717) is 12.6 Å². The second kappa shape index (κ2) is 4.07. The van der Waals surface area contributed by atoms with Crippen molar-refractivity contribution in [1.29, 1.82) is 0 Å². The van der Waals surface area contributed by atoms with Crippen molar-refractivity contribution in [2.24, 2.45) is 11.7 Å². The summed E-state index contributed by atoms with van der Waals surface area (Å²) in [5.41, 5.74) is 5.96. The Bertz CT molecular complexity index is 196. The minimum absolute atomic E-state index is 0.0811. The Balaban J connectivity index is 2.66. The number of likely N-dealkylation sites (N-methyl/N-ethyl adjacent to an activating group) is 1. The molecule has 13 heavy (non-hydrogen) atoms. The van der Waals surface area contributed by atoms with Crippen molar-refractivity contribution in [2.45, 2.75) is 25.4 Å². The van der Waals surface area contributed by atoms with Gasteiger partial charge < -0.3 is 15.4 Å². The second-order valence-corrected chi connectivity index (χ2v) is 3.62. The third kappa shape index (κ3) is 1.84. The highest BCUT2D eigenvalue weighted by molar-refractivity contribution is 5.74. The number of rotatable bonds is 2. The highest BCUT2D eigenvalue weighted by atomic mass is 16.5. The van der Waals surface area contributed by atoms with Gasteiger partial charge in [-0.3, -0.25) is 4.79 Å². The molecule has 0 aromatic rings. The van der Waals surface area contributed by atoms with Gasteiger partial charge in [0.2, 0.25) is 0 Å². The Morgan fingerprint density at radius 2 is 2.31 bits per heavy atom. The van der Waals surface area contributed by atoms with Crippen LogP contribution >= 0.6 is 0 Å². The molecular weight excluding hydrogens is 168 g/mol. The first-order valence-electron chi connectivity index (χ1n) is 4.65. The lowest BCUT2D eigenvalue weighted by atomic mass is 9.98. The topological polar surface area (TPSA) is 55.6 Å². The summed E-state index contributed by atoms with van der Waals surface area (Å²) < 4.78 is 4.70. The van der Waals surface area contributed by atoms with Gasteiger partial charge in [0.25, 0.3) is 0 Å². The molecule has 1 aliphatic heterocycles. The highest BCUT2D eigenvalue weighted by Crippen LogP contribution is 2.23. The van der Waals surface area contributed by atoms with Gasteiger partial charge in [0.15, 0.2) is 0 Å². The zero-order valence-corrected chi connectivity index (χ0v) is 8.49. The van der Waals surface area contributed by atoms with Gasteiger partial charge in [0.05, 0.1) is 13.0 Å². The molecule has 4 nitrogen and oxygen atoms in total. The standard InChI is InChI=1S/C9H18N2O2/c1-4-7-8(10)6(5-11(7)2)9(12)13-3/h6-8H,4-5,10H2,1-3H3. The van der Waals surface area contributed by atoms with Gasteiger partial charge in [-0.05, 0) is 13.5 Å². The van der Waals surface area contributed by atoms with Crippen LogP contribution in [0.25, 0.3) is 0 Å². The Hall–Kier alpha value is -0.610. The first-order valence-corrected chi connectivity index (χ1v) is 4.65. The zero-order valence-electron chi connectivity index (χ0n) is 8.49. The molecule has 3 unspecified atom stereocenters. The van der Waals surface area contributed by atoms with E-state index in [0.717, 1.165) is 6.42 Å². The van der Waals surface area contributed by atoms with Crippen LogP contribution in [0.4, 0.5) is 0 Å². The molecule has 1 fully saturated rings. The molecule has 76 valence electrons. The third-order valence-electron chi connectivity index (χ3n) is 2.88. The van der Waals surface area contributed by atoms with Crippen LogP contribution in [-0.2, 0) is 9.53 Å². The van der Waals surface area contributed by atoms with Crippen molar-refractivity contribution < 1.29 is 9.53 Å². The number of carbonyl (C=O) groups excluding carboxylic acids is 1. The Kier molecular flexibility index (Phi) is 3.27. The fourth-order valence-corrected chi connectivity index (χ4v) is 2.10. The van der Waals surface area contributed by atoms with E-state index >= 15 is 0 Å². The van der Waals surface area contributed by atoms with E-state index in [9.17, 15) is 4.79 Å². The number of methoxy groups -OCH3 is 1. The molecule has 0 aromatic heterocycles. The number of hydrogen-bond donors (Lipinski definition) is 1. The average molecular weight is 186 g/mol. The third-order valence-corrected chi connectivity index (χ3v) is 2.88. The lowest BCUT2D eigenvalue weighted by Crippen LogP contribution is -2.41. The molecular formula is C9H18N2O2. The first-order chi connectivity index (χ1) is 6.11. The van der Waals surface area contributed by atoms with Crippen LogP contribution in [0.1, 0.15) is 13.3 Å². The molecule has 0 spiro atoms. The summed E-state index contributed by atoms with van der Waals surface area (Å²) >= 11 is 0. The molecule has 1 rings (SSSR count). The lowest BCUT2D eigenvalue weighted by molar-refractivity contribution is -0.145. The summed E-state index contributed by atoms with van der Waals surface area (Å²) in [5, 5.41) is 0. The summed E-state index contributed by atoms with van der Waals surface area (Å²) in [6.45, 7) is 2.80. The van der Waals surface area contributed by atoms with Gasteiger partial charge in [-0.1, -0.05) is 6.92 Å². The quantitative estimate of drug-likeness (QED) is 0.608. The van der Waals surface area contributed by atoms with Crippen LogP contribution < -0.4 is 5.73 Å². The number of carbonyl (C=O) groups is 1. The Labute approximate surface area is 79.0 Å². The van der Waals surface area contributed by atoms with Crippen LogP contribution in [0.2, 0.25) is 0 Å². The minimum Gasteiger partial charge on any atom is -0.469 e. The highest BCUT2D eigenvalue weighted by Gasteiger charge is 2.40. The minimum atomic E-state index is -0.185. The van der Waals surface area contributed by atoms with Gasteiger partial charge in [0, 0.05) is 18.6 Å². The number of esters is 1. The molecule has 0 amide bonds. The van der Waals surface area contributed by atoms with Crippen molar-refractivity contribution in [3.05, 3.63) is 0 Å². The van der Waals surface area contributed by atoms with Gasteiger partial charge in [-0.2, -0.15) is 0 Å². The molecule has 2 N–H and O–H groups in total. The van der Waals surface area contributed by atoms with Crippen molar-refractivity contribution in [3.63, 3.8) is 0 Å². The fourth-order valence-electron chi connectivity index (χ4n) is 2.10. The molecule has 3 atom stereocenters. The summed E-state index contributed by atoms with van der Waals surface area (Å²) in [7, 11) is 3.41. The second-order valence-electron chi connectivity index (χ2n) is 3.62. The van der Waals surface area contributed by atoms with Crippen LogP contribution in [0, 0.1) is 5.92 Å². The maximum absolute atomic E-state index is 11.3. The number of ether oxygens (including phenoxy) is 1. The maximum atomic E-state index is 11.3. The maximum Gasteiger partial charge on any atom is 0.311 e. The smallest absolute Gasteiger partial charge is 0.311 e. The molecule has 4 heteroatoms. The monoisotopic (exact) mass is 186 g/mol. The largest absolute Gasteiger partial charge is 0.469 e. The van der Waals surface area contributed by atoms with Crippen LogP contribution in [0.5, 0.6) is 0 Å². The van der Waals surface area contributed by atoms with Crippen molar-refractivity contribution in [3.8, 4) is 0 Å². The molecule has 0 saturated carbocycles. The van der Waals surface area contributed by atoms with E-state index in [4.69, 9.17) is 10.5 Å². The lowest BCUT2D eigenvalue weighted by Gasteiger charge is -2.20. The average Bonchev–Trinajstić information content (AvgIpc) is 2.40. The van der Waals surface area contributed by atoms with Gasteiger partial charge in [0.1, 0.15) is 0 Å². The van der Waals surface area contributed by atoms with Gasteiger partial charge >= 0.3 is 5.97 Å². The molecule has 1 saturated heterocycles. The van der Waals surface area contributed by atoms with E-state index in [2.05, 4.69) is 11.8 Å². The zero-order chi connectivity index (χ0) is 10.0. The van der Waals surface area contributed by atoms with E-state index < -0.39 is 0 Å². The molecule has 0 bridgehead atoms. The van der Waals surface area contributed by atoms with Gasteiger partial charge in [-0.15, -0.1) is 0 Å². The van der Waals surface area contributed by atoms with Crippen LogP contribution in [0.15, 0.2) is 0 Å². The number of likely N-dealkylation sites (tertiary alicyclic amines) is 1. The Morgan fingerprint density at radius 3 is 2.69 bits per heavy atom. The Morgan fingerprint density at radius 1 is 1.69 bits per heavy atom. The van der Waals surface area contributed by atoms with Crippen LogP contribution in [0.3, 0.4) is 0 Å². The first kappa shape index (κ1) is 10.5. The predicted octanol–water partition coefficient (Wildman–Crippen LogP) is -0.173. The fraction of sp³-hybridized carbons (Fsp3) is 0.889. The van der Waals surface area contributed by atoms with Gasteiger partial charge in [-0.25, -0.2) is 0 Å².